The lowest BCUT2D eigenvalue weighted by Gasteiger charge is -2.27. The van der Waals surface area contributed by atoms with Gasteiger partial charge in [0.2, 0.25) is 0 Å². The van der Waals surface area contributed by atoms with Crippen LogP contribution in [0.2, 0.25) is 0 Å². The number of rotatable bonds is 11. The summed E-state index contributed by atoms with van der Waals surface area (Å²) in [5, 5.41) is 4.99. The van der Waals surface area contributed by atoms with E-state index in [1.165, 1.54) is 32.4 Å². The number of imide groups is 2. The van der Waals surface area contributed by atoms with Crippen LogP contribution in [0.4, 0.5) is 16.2 Å². The number of barbiturate groups is 1. The average Bonchev–Trinajstić information content (AvgIpc) is 2.97. The zero-order chi connectivity index (χ0) is 31.1. The molecular weight excluding hydrogens is 669 g/mol. The summed E-state index contributed by atoms with van der Waals surface area (Å²) < 4.78 is 22.8. The fourth-order valence-corrected chi connectivity index (χ4v) is 4.99. The standard InChI is InChI=1S/C31H30IN3O8/c1-5-11-42-24-10-9-21(16-25(24)40-3)35-30(38)22(29(37)34-31(35)39)13-19-14-23(32)28(26(15-19)41-4)43-17-27(36)33-20-8-6-7-18(2)12-20/h6-10,12-16H,5,11,17H2,1-4H3,(H,33,36)(H,34,37,39)/b22-13-. The number of nitrogens with one attached hydrogen (secondary N) is 2. The Labute approximate surface area is 262 Å². The second-order valence-electron chi connectivity index (χ2n) is 9.38. The van der Waals surface area contributed by atoms with Gasteiger partial charge in [-0.15, -0.1) is 0 Å². The van der Waals surface area contributed by atoms with Crippen LogP contribution in [0.5, 0.6) is 23.0 Å². The number of halogens is 1. The van der Waals surface area contributed by atoms with Gasteiger partial charge < -0.3 is 24.3 Å². The second kappa shape index (κ2) is 14.1. The van der Waals surface area contributed by atoms with Gasteiger partial charge in [-0.05, 0) is 89.5 Å². The number of urea groups is 1. The highest BCUT2D eigenvalue weighted by atomic mass is 127. The number of hydrogen-bond acceptors (Lipinski definition) is 8. The number of amides is 5. The van der Waals surface area contributed by atoms with Crippen LogP contribution in [-0.2, 0) is 14.4 Å². The second-order valence-corrected chi connectivity index (χ2v) is 10.5. The maximum absolute atomic E-state index is 13.5. The highest BCUT2D eigenvalue weighted by Gasteiger charge is 2.37. The molecule has 0 atom stereocenters. The third-order valence-electron chi connectivity index (χ3n) is 6.18. The van der Waals surface area contributed by atoms with E-state index in [1.807, 2.05) is 54.6 Å². The van der Waals surface area contributed by atoms with E-state index in [2.05, 4.69) is 10.6 Å². The Morgan fingerprint density at radius 1 is 0.977 bits per heavy atom. The first-order valence-corrected chi connectivity index (χ1v) is 14.3. The molecular formula is C31H30IN3O8. The summed E-state index contributed by atoms with van der Waals surface area (Å²) in [6.45, 7) is 4.08. The summed E-state index contributed by atoms with van der Waals surface area (Å²) in [5.41, 5.74) is 2.02. The Morgan fingerprint density at radius 2 is 1.74 bits per heavy atom. The van der Waals surface area contributed by atoms with Gasteiger partial charge in [0.25, 0.3) is 17.7 Å². The third-order valence-corrected chi connectivity index (χ3v) is 6.98. The quantitative estimate of drug-likeness (QED) is 0.161. The molecule has 43 heavy (non-hydrogen) atoms. The lowest BCUT2D eigenvalue weighted by Crippen LogP contribution is -2.54. The van der Waals surface area contributed by atoms with Gasteiger partial charge in [0.1, 0.15) is 5.57 Å². The van der Waals surface area contributed by atoms with Crippen molar-refractivity contribution >= 4 is 63.8 Å². The molecule has 3 aromatic carbocycles. The molecule has 0 unspecified atom stereocenters. The van der Waals surface area contributed by atoms with Crippen molar-refractivity contribution in [3.05, 3.63) is 74.9 Å². The molecule has 3 aromatic rings. The van der Waals surface area contributed by atoms with Crippen LogP contribution in [0.1, 0.15) is 24.5 Å². The summed E-state index contributed by atoms with van der Waals surface area (Å²) in [4.78, 5) is 52.3. The van der Waals surface area contributed by atoms with Gasteiger partial charge in [-0.2, -0.15) is 0 Å². The van der Waals surface area contributed by atoms with E-state index in [9.17, 15) is 19.2 Å². The van der Waals surface area contributed by atoms with Gasteiger partial charge in [-0.1, -0.05) is 19.1 Å². The van der Waals surface area contributed by atoms with Crippen LogP contribution < -0.4 is 34.5 Å². The molecule has 4 rings (SSSR count). The average molecular weight is 699 g/mol. The molecule has 0 radical (unpaired) electrons. The normalized spacial score (nSPS) is 13.9. The van der Waals surface area contributed by atoms with Crippen LogP contribution in [-0.4, -0.2) is 51.2 Å². The van der Waals surface area contributed by atoms with E-state index >= 15 is 0 Å². The SMILES string of the molecule is CCCOc1ccc(N2C(=O)NC(=O)/C(=C/c3cc(I)c(OCC(=O)Nc4cccc(C)c4)c(OC)c3)C2=O)cc1OC. The number of anilines is 2. The number of nitrogens with zero attached hydrogens (tertiary/aromatic N) is 1. The molecule has 11 nitrogen and oxygen atoms in total. The monoisotopic (exact) mass is 699 g/mol. The van der Waals surface area contributed by atoms with Crippen molar-refractivity contribution in [3.63, 3.8) is 0 Å². The molecule has 2 N–H and O–H groups in total. The van der Waals surface area contributed by atoms with E-state index in [0.29, 0.717) is 38.7 Å². The van der Waals surface area contributed by atoms with Crippen LogP contribution in [0.3, 0.4) is 0 Å². The van der Waals surface area contributed by atoms with E-state index in [0.717, 1.165) is 16.9 Å². The molecule has 0 spiro atoms. The van der Waals surface area contributed by atoms with Crippen LogP contribution in [0, 0.1) is 10.5 Å². The van der Waals surface area contributed by atoms with Crippen LogP contribution in [0.15, 0.2) is 60.2 Å². The van der Waals surface area contributed by atoms with Crippen molar-refractivity contribution in [1.82, 2.24) is 5.32 Å². The molecule has 1 heterocycles. The molecule has 1 aliphatic heterocycles. The summed E-state index contributed by atoms with van der Waals surface area (Å²) in [6.07, 6.45) is 2.14. The Bertz CT molecular complexity index is 1600. The lowest BCUT2D eigenvalue weighted by molar-refractivity contribution is -0.122. The van der Waals surface area contributed by atoms with E-state index in [-0.39, 0.29) is 29.5 Å². The number of benzene rings is 3. The van der Waals surface area contributed by atoms with E-state index < -0.39 is 17.8 Å². The fraction of sp³-hybridized carbons (Fsp3) is 0.226. The van der Waals surface area contributed by atoms with Gasteiger partial charge >= 0.3 is 6.03 Å². The minimum Gasteiger partial charge on any atom is -0.493 e. The van der Waals surface area contributed by atoms with Gasteiger partial charge in [0.05, 0.1) is 30.1 Å². The van der Waals surface area contributed by atoms with Crippen molar-refractivity contribution in [1.29, 1.82) is 0 Å². The highest BCUT2D eigenvalue weighted by molar-refractivity contribution is 14.1. The van der Waals surface area contributed by atoms with Gasteiger partial charge in [0, 0.05) is 11.8 Å². The molecule has 0 bridgehead atoms. The molecule has 1 aliphatic rings. The third kappa shape index (κ3) is 7.44. The van der Waals surface area contributed by atoms with Crippen molar-refractivity contribution in [2.75, 3.05) is 37.7 Å². The number of aryl methyl sites for hydroxylation is 1. The van der Waals surface area contributed by atoms with E-state index in [4.69, 9.17) is 18.9 Å². The Kier molecular flexibility index (Phi) is 10.2. The van der Waals surface area contributed by atoms with Gasteiger partial charge in [-0.3, -0.25) is 19.7 Å². The summed E-state index contributed by atoms with van der Waals surface area (Å²) in [7, 11) is 2.88. The van der Waals surface area contributed by atoms with Crippen molar-refractivity contribution < 1.29 is 38.1 Å². The number of hydrogen-bond donors (Lipinski definition) is 2. The minimum atomic E-state index is -0.892. The molecule has 0 aliphatic carbocycles. The molecule has 1 saturated heterocycles. The zero-order valence-corrected chi connectivity index (χ0v) is 26.1. The predicted molar refractivity (Wildman–Crippen MR) is 169 cm³/mol. The minimum absolute atomic E-state index is 0.196. The zero-order valence-electron chi connectivity index (χ0n) is 24.0. The van der Waals surface area contributed by atoms with E-state index in [1.54, 1.807) is 24.3 Å². The predicted octanol–water partition coefficient (Wildman–Crippen LogP) is 5.09. The largest absolute Gasteiger partial charge is 0.493 e. The first kappa shape index (κ1) is 31.3. The summed E-state index contributed by atoms with van der Waals surface area (Å²) >= 11 is 2.01. The molecule has 1 fully saturated rings. The molecule has 12 heteroatoms. The highest BCUT2D eigenvalue weighted by Crippen LogP contribution is 2.36. The van der Waals surface area contributed by atoms with Crippen molar-refractivity contribution in [2.24, 2.45) is 0 Å². The Morgan fingerprint density at radius 3 is 2.44 bits per heavy atom. The maximum Gasteiger partial charge on any atom is 0.335 e. The number of carbonyl (C=O) groups excluding carboxylic acids is 4. The Balaban J connectivity index is 1.56. The van der Waals surface area contributed by atoms with Crippen molar-refractivity contribution in [3.8, 4) is 23.0 Å². The van der Waals surface area contributed by atoms with Crippen LogP contribution >= 0.6 is 22.6 Å². The Hall–Kier alpha value is -4.59. The number of methoxy groups -OCH3 is 2. The maximum atomic E-state index is 13.5. The summed E-state index contributed by atoms with van der Waals surface area (Å²) in [5.74, 6) is -0.629. The summed E-state index contributed by atoms with van der Waals surface area (Å²) in [6, 6.07) is 14.3. The molecule has 5 amide bonds. The first-order valence-electron chi connectivity index (χ1n) is 13.2. The number of carbonyl (C=O) groups is 4. The smallest absolute Gasteiger partial charge is 0.335 e. The van der Waals surface area contributed by atoms with Crippen LogP contribution in [0.25, 0.3) is 6.08 Å². The molecule has 0 aromatic heterocycles. The van der Waals surface area contributed by atoms with Crippen molar-refractivity contribution in [2.45, 2.75) is 20.3 Å². The first-order chi connectivity index (χ1) is 20.6. The number of ether oxygens (including phenoxy) is 4. The lowest BCUT2D eigenvalue weighted by atomic mass is 10.1. The fourth-order valence-electron chi connectivity index (χ4n) is 4.21. The van der Waals surface area contributed by atoms with Gasteiger partial charge in [0.15, 0.2) is 29.6 Å². The van der Waals surface area contributed by atoms with Gasteiger partial charge in [-0.25, -0.2) is 9.69 Å². The molecule has 224 valence electrons. The molecule has 0 saturated carbocycles. The topological polar surface area (TPSA) is 132 Å².